The number of hydrogen-bond acceptors (Lipinski definition) is 1. The molecule has 1 heterocycles. The fourth-order valence-electron chi connectivity index (χ4n) is 3.07. The summed E-state index contributed by atoms with van der Waals surface area (Å²) >= 11 is 0. The molecule has 1 aromatic carbocycles. The maximum atomic E-state index is 13.1. The number of likely N-dealkylation sites (tertiary alicyclic amines) is 1. The molecular formula is C17H25FIN3. The molecule has 1 aliphatic heterocycles. The van der Waals surface area contributed by atoms with Crippen molar-refractivity contribution in [1.29, 1.82) is 0 Å². The molecule has 1 N–H and O–H groups in total. The van der Waals surface area contributed by atoms with Gasteiger partial charge >= 0.3 is 0 Å². The Morgan fingerprint density at radius 2 is 1.86 bits per heavy atom. The van der Waals surface area contributed by atoms with Crippen molar-refractivity contribution in [1.82, 2.24) is 10.2 Å². The largest absolute Gasteiger partial charge is 0.357 e. The van der Waals surface area contributed by atoms with Crippen LogP contribution in [0.2, 0.25) is 0 Å². The fraction of sp³-hybridized carbons (Fsp3) is 0.588. The van der Waals surface area contributed by atoms with Gasteiger partial charge in [0.2, 0.25) is 0 Å². The highest BCUT2D eigenvalue weighted by Crippen LogP contribution is 2.48. The van der Waals surface area contributed by atoms with E-state index in [-0.39, 0.29) is 35.2 Å². The molecular weight excluding hydrogens is 392 g/mol. The minimum absolute atomic E-state index is 0. The maximum Gasteiger partial charge on any atom is 0.193 e. The number of nitrogens with zero attached hydrogens (tertiary/aromatic N) is 2. The van der Waals surface area contributed by atoms with Crippen LogP contribution in [-0.2, 0) is 5.41 Å². The summed E-state index contributed by atoms with van der Waals surface area (Å²) < 4.78 is 13.1. The topological polar surface area (TPSA) is 27.6 Å². The van der Waals surface area contributed by atoms with E-state index in [1.165, 1.54) is 18.4 Å². The first-order valence-electron chi connectivity index (χ1n) is 8.03. The number of nitrogens with one attached hydrogen (secondary N) is 1. The molecule has 0 spiro atoms. The molecule has 0 amide bonds. The van der Waals surface area contributed by atoms with Gasteiger partial charge in [-0.1, -0.05) is 12.1 Å². The zero-order chi connectivity index (χ0) is 14.7. The second-order valence-electron chi connectivity index (χ2n) is 6.15. The molecule has 1 saturated carbocycles. The number of aliphatic imine (C=N–C) groups is 1. The first-order chi connectivity index (χ1) is 10.2. The molecule has 0 radical (unpaired) electrons. The average molecular weight is 417 g/mol. The molecule has 0 aromatic heterocycles. The molecule has 3 rings (SSSR count). The summed E-state index contributed by atoms with van der Waals surface area (Å²) in [5.41, 5.74) is 1.37. The monoisotopic (exact) mass is 417 g/mol. The Hall–Kier alpha value is -0.850. The Balaban J connectivity index is 0.00000176. The van der Waals surface area contributed by atoms with Crippen LogP contribution in [0.3, 0.4) is 0 Å². The molecule has 2 fully saturated rings. The Labute approximate surface area is 149 Å². The molecule has 22 heavy (non-hydrogen) atoms. The molecule has 3 nitrogen and oxygen atoms in total. The Morgan fingerprint density at radius 1 is 1.23 bits per heavy atom. The van der Waals surface area contributed by atoms with E-state index in [0.717, 1.165) is 45.0 Å². The third-order valence-electron chi connectivity index (χ3n) is 4.58. The van der Waals surface area contributed by atoms with Crippen LogP contribution in [0.1, 0.15) is 38.2 Å². The van der Waals surface area contributed by atoms with Crippen LogP contribution in [-0.4, -0.2) is 37.0 Å². The summed E-state index contributed by atoms with van der Waals surface area (Å²) in [6.07, 6.45) is 4.82. The van der Waals surface area contributed by atoms with Gasteiger partial charge in [0.05, 0.1) is 6.54 Å². The van der Waals surface area contributed by atoms with Gasteiger partial charge in [-0.05, 0) is 50.3 Å². The standard InChI is InChI=1S/C17H24FN3.HI/c1-2-19-16(21-11-3-4-12-21)20-13-17(9-10-17)14-5-7-15(18)8-6-14;/h5-8H,2-4,9-13H2,1H3,(H,19,20);1H. The highest BCUT2D eigenvalue weighted by atomic mass is 127. The van der Waals surface area contributed by atoms with Gasteiger partial charge in [0.15, 0.2) is 5.96 Å². The number of hydrogen-bond donors (Lipinski definition) is 1. The van der Waals surface area contributed by atoms with Crippen LogP contribution < -0.4 is 5.32 Å². The first kappa shape index (κ1) is 17.5. The van der Waals surface area contributed by atoms with E-state index in [1.807, 2.05) is 12.1 Å². The van der Waals surface area contributed by atoms with E-state index in [2.05, 4.69) is 17.1 Å². The average Bonchev–Trinajstić information content (AvgIpc) is 3.08. The Kier molecular flexibility index (Phi) is 6.06. The highest BCUT2D eigenvalue weighted by molar-refractivity contribution is 14.0. The van der Waals surface area contributed by atoms with Gasteiger partial charge in [0, 0.05) is 25.0 Å². The second-order valence-corrected chi connectivity index (χ2v) is 6.15. The minimum atomic E-state index is -0.163. The zero-order valence-electron chi connectivity index (χ0n) is 13.1. The van der Waals surface area contributed by atoms with Crippen molar-refractivity contribution < 1.29 is 4.39 Å². The van der Waals surface area contributed by atoms with Crippen molar-refractivity contribution in [2.24, 2.45) is 4.99 Å². The Morgan fingerprint density at radius 3 is 2.41 bits per heavy atom. The third kappa shape index (κ3) is 3.91. The summed E-state index contributed by atoms with van der Waals surface area (Å²) in [4.78, 5) is 7.22. The predicted octanol–water partition coefficient (Wildman–Crippen LogP) is 3.54. The van der Waals surface area contributed by atoms with Gasteiger partial charge in [-0.15, -0.1) is 24.0 Å². The van der Waals surface area contributed by atoms with E-state index in [0.29, 0.717) is 0 Å². The fourth-order valence-corrected chi connectivity index (χ4v) is 3.07. The third-order valence-corrected chi connectivity index (χ3v) is 4.58. The summed E-state index contributed by atoms with van der Waals surface area (Å²) in [6, 6.07) is 6.96. The molecule has 1 aromatic rings. The lowest BCUT2D eigenvalue weighted by molar-refractivity contribution is 0.491. The molecule has 1 saturated heterocycles. The van der Waals surface area contributed by atoms with E-state index in [9.17, 15) is 4.39 Å². The lowest BCUT2D eigenvalue weighted by atomic mass is 9.96. The van der Waals surface area contributed by atoms with Crippen molar-refractivity contribution in [2.75, 3.05) is 26.2 Å². The molecule has 2 aliphatic rings. The number of halogens is 2. The molecule has 0 unspecified atom stereocenters. The van der Waals surface area contributed by atoms with Crippen molar-refractivity contribution in [3.05, 3.63) is 35.6 Å². The number of benzene rings is 1. The summed E-state index contributed by atoms with van der Waals surface area (Å²) in [5, 5.41) is 3.40. The molecule has 0 bridgehead atoms. The van der Waals surface area contributed by atoms with Gasteiger partial charge in [0.1, 0.15) is 5.82 Å². The smallest absolute Gasteiger partial charge is 0.193 e. The summed E-state index contributed by atoms with van der Waals surface area (Å²) in [7, 11) is 0. The first-order valence-corrected chi connectivity index (χ1v) is 8.03. The zero-order valence-corrected chi connectivity index (χ0v) is 15.5. The van der Waals surface area contributed by atoms with Crippen LogP contribution in [0.4, 0.5) is 4.39 Å². The van der Waals surface area contributed by atoms with Crippen molar-refractivity contribution in [3.63, 3.8) is 0 Å². The molecule has 0 atom stereocenters. The van der Waals surface area contributed by atoms with E-state index >= 15 is 0 Å². The molecule has 122 valence electrons. The number of rotatable bonds is 4. The van der Waals surface area contributed by atoms with Crippen LogP contribution in [0.5, 0.6) is 0 Å². The van der Waals surface area contributed by atoms with Gasteiger partial charge in [0.25, 0.3) is 0 Å². The van der Waals surface area contributed by atoms with E-state index in [4.69, 9.17) is 4.99 Å². The normalized spacial score (nSPS) is 19.7. The second kappa shape index (κ2) is 7.62. The lowest BCUT2D eigenvalue weighted by Gasteiger charge is -2.22. The predicted molar refractivity (Wildman–Crippen MR) is 99.5 cm³/mol. The summed E-state index contributed by atoms with van der Waals surface area (Å²) in [6.45, 7) is 6.03. The summed E-state index contributed by atoms with van der Waals surface area (Å²) in [5.74, 6) is 0.881. The van der Waals surface area contributed by atoms with Gasteiger partial charge < -0.3 is 10.2 Å². The van der Waals surface area contributed by atoms with Crippen LogP contribution >= 0.6 is 24.0 Å². The van der Waals surface area contributed by atoms with Crippen LogP contribution in [0, 0.1) is 5.82 Å². The van der Waals surface area contributed by atoms with Crippen molar-refractivity contribution >= 4 is 29.9 Å². The van der Waals surface area contributed by atoms with Crippen LogP contribution in [0.15, 0.2) is 29.3 Å². The molecule has 1 aliphatic carbocycles. The SMILES string of the molecule is CCNC(=NCC1(c2ccc(F)cc2)CC1)N1CCCC1.I. The minimum Gasteiger partial charge on any atom is -0.357 e. The quantitative estimate of drug-likeness (QED) is 0.461. The van der Waals surface area contributed by atoms with Crippen molar-refractivity contribution in [3.8, 4) is 0 Å². The number of guanidine groups is 1. The van der Waals surface area contributed by atoms with Crippen LogP contribution in [0.25, 0.3) is 0 Å². The van der Waals surface area contributed by atoms with Gasteiger partial charge in [-0.25, -0.2) is 4.39 Å². The van der Waals surface area contributed by atoms with Crippen molar-refractivity contribution in [2.45, 2.75) is 38.0 Å². The van der Waals surface area contributed by atoms with E-state index in [1.54, 1.807) is 12.1 Å². The maximum absolute atomic E-state index is 13.1. The highest BCUT2D eigenvalue weighted by Gasteiger charge is 2.44. The molecule has 5 heteroatoms. The Bertz CT molecular complexity index is 505. The van der Waals surface area contributed by atoms with Gasteiger partial charge in [-0.2, -0.15) is 0 Å². The van der Waals surface area contributed by atoms with E-state index < -0.39 is 0 Å². The van der Waals surface area contributed by atoms with Gasteiger partial charge in [-0.3, -0.25) is 4.99 Å². The lowest BCUT2D eigenvalue weighted by Crippen LogP contribution is -2.40.